The summed E-state index contributed by atoms with van der Waals surface area (Å²) in [5, 5.41) is 5.94. The quantitative estimate of drug-likeness (QED) is 0.705. The van der Waals surface area contributed by atoms with Gasteiger partial charge in [-0.15, -0.1) is 0 Å². The molecule has 3 rings (SSSR count). The molecule has 132 valence electrons. The Labute approximate surface area is 152 Å². The molecule has 0 radical (unpaired) electrons. The van der Waals surface area contributed by atoms with Gasteiger partial charge < -0.3 is 10.6 Å². The molecule has 0 spiro atoms. The number of aromatic nitrogens is 1. The number of carbonyl (C=O) groups excluding carboxylic acids is 1. The first-order valence-electron chi connectivity index (χ1n) is 8.39. The molecule has 0 saturated heterocycles. The largest absolute Gasteiger partial charge is 0.380 e. The summed E-state index contributed by atoms with van der Waals surface area (Å²) < 4.78 is 13.6. The number of nitrogens with one attached hydrogen (secondary N) is 2. The van der Waals surface area contributed by atoms with Gasteiger partial charge >= 0.3 is 0 Å². The van der Waals surface area contributed by atoms with Crippen molar-refractivity contribution in [2.75, 3.05) is 5.32 Å². The van der Waals surface area contributed by atoms with Gasteiger partial charge in [-0.1, -0.05) is 48.0 Å². The van der Waals surface area contributed by atoms with Crippen LogP contribution in [0.4, 0.5) is 10.1 Å². The lowest BCUT2D eigenvalue weighted by Gasteiger charge is -2.08. The second-order valence-corrected chi connectivity index (χ2v) is 6.05. The second kappa shape index (κ2) is 8.25. The third-order valence-corrected chi connectivity index (χ3v) is 4.01. The van der Waals surface area contributed by atoms with Gasteiger partial charge in [-0.3, -0.25) is 4.79 Å². The van der Waals surface area contributed by atoms with E-state index in [-0.39, 0.29) is 11.7 Å². The van der Waals surface area contributed by atoms with Crippen LogP contribution in [0, 0.1) is 12.7 Å². The van der Waals surface area contributed by atoms with Gasteiger partial charge in [0, 0.05) is 18.7 Å². The third kappa shape index (κ3) is 4.66. The van der Waals surface area contributed by atoms with E-state index >= 15 is 0 Å². The molecule has 0 saturated carbocycles. The van der Waals surface area contributed by atoms with Crippen molar-refractivity contribution in [2.45, 2.75) is 20.0 Å². The van der Waals surface area contributed by atoms with Gasteiger partial charge in [-0.25, -0.2) is 9.37 Å². The number of halogens is 1. The number of anilines is 1. The number of rotatable bonds is 6. The molecule has 0 aliphatic rings. The second-order valence-electron chi connectivity index (χ2n) is 6.05. The molecular formula is C21H20FN3O. The average molecular weight is 349 g/mol. The lowest BCUT2D eigenvalue weighted by molar-refractivity contribution is 0.0946. The van der Waals surface area contributed by atoms with Crippen LogP contribution in [0.3, 0.4) is 0 Å². The maximum atomic E-state index is 13.6. The molecule has 0 atom stereocenters. The minimum absolute atomic E-state index is 0.230. The summed E-state index contributed by atoms with van der Waals surface area (Å²) in [4.78, 5) is 16.3. The first kappa shape index (κ1) is 17.6. The molecule has 1 amide bonds. The van der Waals surface area contributed by atoms with Crippen molar-refractivity contribution in [1.29, 1.82) is 0 Å². The number of amides is 1. The van der Waals surface area contributed by atoms with Crippen LogP contribution in [0.15, 0.2) is 66.9 Å². The predicted molar refractivity (Wildman–Crippen MR) is 100 cm³/mol. The molecule has 1 heterocycles. The number of hydrogen-bond acceptors (Lipinski definition) is 3. The minimum atomic E-state index is -0.250. The highest BCUT2D eigenvalue weighted by Gasteiger charge is 2.07. The van der Waals surface area contributed by atoms with Gasteiger partial charge in [-0.05, 0) is 30.7 Å². The number of hydrogen-bond donors (Lipinski definition) is 2. The molecule has 0 aliphatic heterocycles. The summed E-state index contributed by atoms with van der Waals surface area (Å²) in [5.41, 5.74) is 3.86. The van der Waals surface area contributed by atoms with Crippen molar-refractivity contribution in [1.82, 2.24) is 10.3 Å². The Kier molecular flexibility index (Phi) is 5.59. The number of carbonyl (C=O) groups is 1. The van der Waals surface area contributed by atoms with E-state index in [1.54, 1.807) is 36.5 Å². The van der Waals surface area contributed by atoms with Gasteiger partial charge in [-0.2, -0.15) is 0 Å². The summed E-state index contributed by atoms with van der Waals surface area (Å²) in [5.74, 6) is -0.480. The van der Waals surface area contributed by atoms with E-state index < -0.39 is 0 Å². The highest BCUT2D eigenvalue weighted by molar-refractivity contribution is 5.92. The molecular weight excluding hydrogens is 329 g/mol. The number of aryl methyl sites for hydroxylation is 1. The zero-order valence-corrected chi connectivity index (χ0v) is 14.5. The monoisotopic (exact) mass is 349 g/mol. The van der Waals surface area contributed by atoms with E-state index in [0.29, 0.717) is 24.3 Å². The highest BCUT2D eigenvalue weighted by Crippen LogP contribution is 2.11. The summed E-state index contributed by atoms with van der Waals surface area (Å²) in [6.45, 7) is 2.83. The van der Waals surface area contributed by atoms with E-state index in [2.05, 4.69) is 15.6 Å². The van der Waals surface area contributed by atoms with Crippen molar-refractivity contribution < 1.29 is 9.18 Å². The van der Waals surface area contributed by atoms with Crippen molar-refractivity contribution in [3.05, 3.63) is 95.1 Å². The standard InChI is InChI=1S/C21H20FN3O/c1-15-6-8-16(9-7-15)12-25-21(26)20-11-10-18(14-24-20)23-13-17-4-2-3-5-19(17)22/h2-11,14,23H,12-13H2,1H3,(H,25,26). The van der Waals surface area contributed by atoms with Gasteiger partial charge in [0.15, 0.2) is 0 Å². The lowest BCUT2D eigenvalue weighted by Crippen LogP contribution is -2.23. The van der Waals surface area contributed by atoms with Gasteiger partial charge in [0.05, 0.1) is 11.9 Å². The lowest BCUT2D eigenvalue weighted by atomic mass is 10.1. The smallest absolute Gasteiger partial charge is 0.270 e. The maximum Gasteiger partial charge on any atom is 0.270 e. The Balaban J connectivity index is 1.54. The van der Waals surface area contributed by atoms with Crippen molar-refractivity contribution in [3.8, 4) is 0 Å². The molecule has 5 heteroatoms. The molecule has 2 N–H and O–H groups in total. The molecule has 0 unspecified atom stereocenters. The highest BCUT2D eigenvalue weighted by atomic mass is 19.1. The Morgan fingerprint density at radius 3 is 2.46 bits per heavy atom. The van der Waals surface area contributed by atoms with Crippen molar-refractivity contribution in [2.24, 2.45) is 0 Å². The van der Waals surface area contributed by atoms with Crippen molar-refractivity contribution in [3.63, 3.8) is 0 Å². The first-order chi connectivity index (χ1) is 12.6. The van der Waals surface area contributed by atoms with Crippen LogP contribution in [-0.4, -0.2) is 10.9 Å². The van der Waals surface area contributed by atoms with Crippen LogP contribution in [0.1, 0.15) is 27.2 Å². The summed E-state index contributed by atoms with van der Waals surface area (Å²) >= 11 is 0. The van der Waals surface area contributed by atoms with Crippen LogP contribution < -0.4 is 10.6 Å². The topological polar surface area (TPSA) is 54.0 Å². The number of nitrogens with zero attached hydrogens (tertiary/aromatic N) is 1. The fourth-order valence-electron chi connectivity index (χ4n) is 2.45. The normalized spacial score (nSPS) is 10.4. The molecule has 3 aromatic rings. The number of benzene rings is 2. The molecule has 26 heavy (non-hydrogen) atoms. The molecule has 2 aromatic carbocycles. The molecule has 0 bridgehead atoms. The zero-order chi connectivity index (χ0) is 18.4. The Morgan fingerprint density at radius 1 is 1.00 bits per heavy atom. The van der Waals surface area contributed by atoms with Gasteiger partial charge in [0.1, 0.15) is 11.5 Å². The molecule has 0 fully saturated rings. The van der Waals surface area contributed by atoms with Crippen molar-refractivity contribution >= 4 is 11.6 Å². The SMILES string of the molecule is Cc1ccc(CNC(=O)c2ccc(NCc3ccccc3F)cn2)cc1. The Bertz CT molecular complexity index is 877. The minimum Gasteiger partial charge on any atom is -0.380 e. The third-order valence-electron chi connectivity index (χ3n) is 4.01. The summed E-state index contributed by atoms with van der Waals surface area (Å²) in [6, 6.07) is 18.0. The predicted octanol–water partition coefficient (Wildman–Crippen LogP) is 4.07. The number of pyridine rings is 1. The van der Waals surface area contributed by atoms with Crippen LogP contribution in [0.2, 0.25) is 0 Å². The van der Waals surface area contributed by atoms with Crippen LogP contribution in [0.25, 0.3) is 0 Å². The summed E-state index contributed by atoms with van der Waals surface area (Å²) in [6.07, 6.45) is 1.57. The van der Waals surface area contributed by atoms with Crippen LogP contribution in [-0.2, 0) is 13.1 Å². The van der Waals surface area contributed by atoms with E-state index in [1.807, 2.05) is 31.2 Å². The fourth-order valence-corrected chi connectivity index (χ4v) is 2.45. The average Bonchev–Trinajstić information content (AvgIpc) is 2.67. The Morgan fingerprint density at radius 2 is 1.77 bits per heavy atom. The van der Waals surface area contributed by atoms with E-state index in [9.17, 15) is 9.18 Å². The van der Waals surface area contributed by atoms with Gasteiger partial charge in [0.25, 0.3) is 5.91 Å². The molecule has 4 nitrogen and oxygen atoms in total. The first-order valence-corrected chi connectivity index (χ1v) is 8.39. The van der Waals surface area contributed by atoms with Gasteiger partial charge in [0.2, 0.25) is 0 Å². The van der Waals surface area contributed by atoms with E-state index in [4.69, 9.17) is 0 Å². The van der Waals surface area contributed by atoms with Crippen LogP contribution >= 0.6 is 0 Å². The van der Waals surface area contributed by atoms with E-state index in [0.717, 1.165) is 11.3 Å². The zero-order valence-electron chi connectivity index (χ0n) is 14.5. The Hall–Kier alpha value is -3.21. The molecule has 0 aliphatic carbocycles. The van der Waals surface area contributed by atoms with Crippen LogP contribution in [0.5, 0.6) is 0 Å². The molecule has 1 aromatic heterocycles. The summed E-state index contributed by atoms with van der Waals surface area (Å²) in [7, 11) is 0. The van der Waals surface area contributed by atoms with E-state index in [1.165, 1.54) is 11.6 Å². The fraction of sp³-hybridized carbons (Fsp3) is 0.143. The maximum absolute atomic E-state index is 13.6.